The first-order valence-corrected chi connectivity index (χ1v) is 7.51. The van der Waals surface area contributed by atoms with Gasteiger partial charge < -0.3 is 4.74 Å². The van der Waals surface area contributed by atoms with Gasteiger partial charge >= 0.3 is 12.1 Å². The fourth-order valence-electron chi connectivity index (χ4n) is 1.47. The Morgan fingerprint density at radius 3 is 2.05 bits per heavy atom. The summed E-state index contributed by atoms with van der Waals surface area (Å²) < 4.78 is 63.5. The van der Waals surface area contributed by atoms with Crippen molar-refractivity contribution in [1.82, 2.24) is 0 Å². The summed E-state index contributed by atoms with van der Waals surface area (Å²) in [5.74, 6) is -3.89. The molecule has 0 saturated heterocycles. The molecule has 0 aliphatic heterocycles. The van der Waals surface area contributed by atoms with Crippen LogP contribution in [0.5, 0.6) is 0 Å². The number of alkyl halides is 3. The molecule has 0 amide bonds. The lowest BCUT2D eigenvalue weighted by atomic mass is 10.1. The highest BCUT2D eigenvalue weighted by Gasteiger charge is 2.36. The average molecular weight is 304 g/mol. The van der Waals surface area contributed by atoms with E-state index in [0.29, 0.717) is 0 Å². The Labute approximate surface area is 111 Å². The number of hydrogen-bond acceptors (Lipinski definition) is 4. The van der Waals surface area contributed by atoms with E-state index in [1.54, 1.807) is 20.8 Å². The summed E-state index contributed by atoms with van der Waals surface area (Å²) in [7, 11) is -4.26. The van der Waals surface area contributed by atoms with E-state index >= 15 is 0 Å². The normalized spacial score (nSPS) is 15.1. The van der Waals surface area contributed by atoms with E-state index in [1.165, 1.54) is 6.92 Å². The van der Waals surface area contributed by atoms with Crippen LogP contribution in [0.15, 0.2) is 0 Å². The Bertz CT molecular complexity index is 407. The SMILES string of the molecule is C[C@@H](CC(=O)OC(C)(C)C)CS(=O)(=O)CC(F)(F)F. The first-order chi connectivity index (χ1) is 8.20. The summed E-state index contributed by atoms with van der Waals surface area (Å²) in [6, 6.07) is 0. The van der Waals surface area contributed by atoms with Crippen molar-refractivity contribution < 1.29 is 31.1 Å². The van der Waals surface area contributed by atoms with Crippen molar-refractivity contribution in [3.63, 3.8) is 0 Å². The van der Waals surface area contributed by atoms with E-state index in [-0.39, 0.29) is 6.42 Å². The summed E-state index contributed by atoms with van der Waals surface area (Å²) in [4.78, 5) is 11.4. The summed E-state index contributed by atoms with van der Waals surface area (Å²) in [5, 5.41) is 0. The molecule has 19 heavy (non-hydrogen) atoms. The third kappa shape index (κ3) is 10.8. The van der Waals surface area contributed by atoms with Crippen LogP contribution >= 0.6 is 0 Å². The molecule has 0 bridgehead atoms. The number of rotatable bonds is 5. The van der Waals surface area contributed by atoms with Crippen LogP contribution in [0.2, 0.25) is 0 Å². The summed E-state index contributed by atoms with van der Waals surface area (Å²) >= 11 is 0. The van der Waals surface area contributed by atoms with E-state index < -0.39 is 45.0 Å². The first kappa shape index (κ1) is 18.2. The zero-order chi connectivity index (χ0) is 15.5. The van der Waals surface area contributed by atoms with Crippen molar-refractivity contribution in [2.75, 3.05) is 11.5 Å². The lowest BCUT2D eigenvalue weighted by Gasteiger charge is -2.21. The molecule has 8 heteroatoms. The summed E-state index contributed by atoms with van der Waals surface area (Å²) in [6.45, 7) is 6.35. The lowest BCUT2D eigenvalue weighted by Crippen LogP contribution is -2.29. The molecule has 1 atom stereocenters. The van der Waals surface area contributed by atoms with Crippen molar-refractivity contribution in [1.29, 1.82) is 0 Å². The third-order valence-electron chi connectivity index (χ3n) is 1.86. The van der Waals surface area contributed by atoms with Crippen LogP contribution in [0.4, 0.5) is 13.2 Å². The largest absolute Gasteiger partial charge is 0.460 e. The molecular weight excluding hydrogens is 285 g/mol. The molecule has 0 aliphatic rings. The maximum absolute atomic E-state index is 12.0. The van der Waals surface area contributed by atoms with Crippen LogP contribution in [-0.2, 0) is 19.4 Å². The maximum atomic E-state index is 12.0. The zero-order valence-corrected chi connectivity index (χ0v) is 12.2. The van der Waals surface area contributed by atoms with Gasteiger partial charge in [0.05, 0.1) is 5.75 Å². The van der Waals surface area contributed by atoms with E-state index in [0.717, 1.165) is 0 Å². The predicted octanol–water partition coefficient (Wildman–Crippen LogP) is 2.33. The number of ether oxygens (including phenoxy) is 1. The van der Waals surface area contributed by atoms with Crippen molar-refractivity contribution in [3.8, 4) is 0 Å². The van der Waals surface area contributed by atoms with Crippen LogP contribution in [0.3, 0.4) is 0 Å². The highest BCUT2D eigenvalue weighted by Crippen LogP contribution is 2.20. The molecule has 0 fully saturated rings. The van der Waals surface area contributed by atoms with Gasteiger partial charge in [0.1, 0.15) is 11.4 Å². The Hall–Kier alpha value is -0.790. The second-order valence-corrected chi connectivity index (χ2v) is 7.67. The van der Waals surface area contributed by atoms with E-state index in [2.05, 4.69) is 0 Å². The number of halogens is 3. The molecule has 114 valence electrons. The number of sulfone groups is 1. The van der Waals surface area contributed by atoms with E-state index in [9.17, 15) is 26.4 Å². The van der Waals surface area contributed by atoms with Gasteiger partial charge in [-0.1, -0.05) is 6.92 Å². The van der Waals surface area contributed by atoms with Gasteiger partial charge in [0.25, 0.3) is 0 Å². The Morgan fingerprint density at radius 2 is 1.68 bits per heavy atom. The van der Waals surface area contributed by atoms with Gasteiger partial charge in [-0.15, -0.1) is 0 Å². The van der Waals surface area contributed by atoms with Gasteiger partial charge in [-0.05, 0) is 26.7 Å². The zero-order valence-electron chi connectivity index (χ0n) is 11.4. The van der Waals surface area contributed by atoms with Gasteiger partial charge in [0.2, 0.25) is 0 Å². The minimum atomic E-state index is -4.76. The van der Waals surface area contributed by atoms with Crippen molar-refractivity contribution in [2.24, 2.45) is 5.92 Å². The minimum absolute atomic E-state index is 0.228. The average Bonchev–Trinajstić information content (AvgIpc) is 1.89. The van der Waals surface area contributed by atoms with Crippen molar-refractivity contribution >= 4 is 15.8 Å². The smallest absolute Gasteiger partial charge is 0.402 e. The van der Waals surface area contributed by atoms with Gasteiger partial charge in [0.15, 0.2) is 9.84 Å². The fourth-order valence-corrected chi connectivity index (χ4v) is 3.07. The van der Waals surface area contributed by atoms with Crippen LogP contribution < -0.4 is 0 Å². The van der Waals surface area contributed by atoms with Crippen molar-refractivity contribution in [2.45, 2.75) is 45.9 Å². The minimum Gasteiger partial charge on any atom is -0.460 e. The molecule has 0 aromatic heterocycles. The highest BCUT2D eigenvalue weighted by molar-refractivity contribution is 7.91. The summed E-state index contributed by atoms with van der Waals surface area (Å²) in [6.07, 6.45) is -4.99. The van der Waals surface area contributed by atoms with Crippen LogP contribution in [0.25, 0.3) is 0 Å². The molecule has 0 aromatic rings. The second kappa shape index (κ2) is 6.11. The third-order valence-corrected chi connectivity index (χ3v) is 3.70. The van der Waals surface area contributed by atoms with Crippen LogP contribution in [-0.4, -0.2) is 37.7 Å². The van der Waals surface area contributed by atoms with E-state index in [1.807, 2.05) is 0 Å². The quantitative estimate of drug-likeness (QED) is 0.731. The Kier molecular flexibility index (Phi) is 5.85. The molecular formula is C11H19F3O4S. The monoisotopic (exact) mass is 304 g/mol. The molecule has 0 unspecified atom stereocenters. The van der Waals surface area contributed by atoms with Gasteiger partial charge in [-0.3, -0.25) is 4.79 Å². The second-order valence-electron chi connectivity index (χ2n) is 5.57. The number of hydrogen-bond donors (Lipinski definition) is 0. The topological polar surface area (TPSA) is 60.4 Å². The Morgan fingerprint density at radius 1 is 1.21 bits per heavy atom. The molecule has 0 aliphatic carbocycles. The first-order valence-electron chi connectivity index (χ1n) is 5.69. The van der Waals surface area contributed by atoms with Crippen LogP contribution in [0.1, 0.15) is 34.1 Å². The predicted molar refractivity (Wildman–Crippen MR) is 64.3 cm³/mol. The van der Waals surface area contributed by atoms with Gasteiger partial charge in [-0.2, -0.15) is 13.2 Å². The molecule has 0 radical (unpaired) electrons. The molecule has 4 nitrogen and oxygen atoms in total. The van der Waals surface area contributed by atoms with Crippen LogP contribution in [0, 0.1) is 5.92 Å². The molecule has 0 spiro atoms. The number of carbonyl (C=O) groups excluding carboxylic acids is 1. The van der Waals surface area contributed by atoms with E-state index in [4.69, 9.17) is 4.74 Å². The fraction of sp³-hybridized carbons (Fsp3) is 0.909. The number of esters is 1. The molecule has 0 heterocycles. The molecule has 0 N–H and O–H groups in total. The van der Waals surface area contributed by atoms with Gasteiger partial charge in [0, 0.05) is 6.42 Å². The Balaban J connectivity index is 4.40. The molecule has 0 saturated carbocycles. The number of carbonyl (C=O) groups is 1. The van der Waals surface area contributed by atoms with Crippen molar-refractivity contribution in [3.05, 3.63) is 0 Å². The lowest BCUT2D eigenvalue weighted by molar-refractivity contribution is -0.155. The maximum Gasteiger partial charge on any atom is 0.402 e. The standard InChI is InChI=1S/C11H19F3O4S/c1-8(5-9(15)18-10(2,3)4)6-19(16,17)7-11(12,13)14/h8H,5-7H2,1-4H3/t8-/m0/s1. The van der Waals surface area contributed by atoms with Gasteiger partial charge in [-0.25, -0.2) is 8.42 Å². The highest BCUT2D eigenvalue weighted by atomic mass is 32.2. The molecule has 0 aromatic carbocycles. The summed E-state index contributed by atoms with van der Waals surface area (Å²) in [5.41, 5.74) is -0.707. The molecule has 0 rings (SSSR count).